The minimum absolute atomic E-state index is 0.691. The molecule has 0 aliphatic carbocycles. The first-order valence-electron chi connectivity index (χ1n) is 5.06. The molecule has 0 amide bonds. The van der Waals surface area contributed by atoms with Gasteiger partial charge < -0.3 is 15.1 Å². The summed E-state index contributed by atoms with van der Waals surface area (Å²) < 4.78 is 4.99. The molecule has 2 rings (SSSR count). The van der Waals surface area contributed by atoms with Crippen LogP contribution in [0.4, 0.5) is 11.6 Å². The molecule has 0 aliphatic heterocycles. The second-order valence-electron chi connectivity index (χ2n) is 3.42. The first-order valence-corrected chi connectivity index (χ1v) is 5.06. The highest BCUT2D eigenvalue weighted by atomic mass is 16.3. The first kappa shape index (κ1) is 10.5. The molecular weight excluding hydrogens is 204 g/mol. The van der Waals surface area contributed by atoms with E-state index in [4.69, 9.17) is 4.42 Å². The maximum absolute atomic E-state index is 4.99. The van der Waals surface area contributed by atoms with Crippen LogP contribution >= 0.6 is 0 Å². The zero-order valence-corrected chi connectivity index (χ0v) is 9.32. The monoisotopic (exact) mass is 218 g/mol. The number of hydrogen-bond acceptors (Lipinski definition) is 5. The number of anilines is 2. The van der Waals surface area contributed by atoms with Crippen molar-refractivity contribution in [2.75, 3.05) is 17.7 Å². The van der Waals surface area contributed by atoms with Gasteiger partial charge in [-0.25, -0.2) is 9.97 Å². The Labute approximate surface area is 93.9 Å². The molecule has 0 spiro atoms. The standard InChI is InChI=1S/C11H14N4O/c1-8-14-10(12-2)5-11(15-8)13-6-9-3-4-16-7-9/h3-5,7H,6H2,1-2H3,(H2,12,13,14,15). The van der Waals surface area contributed by atoms with Gasteiger partial charge >= 0.3 is 0 Å². The van der Waals surface area contributed by atoms with E-state index in [0.29, 0.717) is 6.54 Å². The van der Waals surface area contributed by atoms with Crippen LogP contribution in [0.5, 0.6) is 0 Å². The number of rotatable bonds is 4. The number of furan rings is 1. The van der Waals surface area contributed by atoms with E-state index in [9.17, 15) is 0 Å². The van der Waals surface area contributed by atoms with E-state index < -0.39 is 0 Å². The number of aromatic nitrogens is 2. The molecule has 2 aromatic heterocycles. The lowest BCUT2D eigenvalue weighted by Crippen LogP contribution is -2.04. The SMILES string of the molecule is CNc1cc(NCc2ccoc2)nc(C)n1. The molecule has 0 saturated heterocycles. The normalized spacial score (nSPS) is 10.1. The average molecular weight is 218 g/mol. The molecule has 0 aromatic carbocycles. The number of nitrogens with zero attached hydrogens (tertiary/aromatic N) is 2. The van der Waals surface area contributed by atoms with Gasteiger partial charge in [-0.2, -0.15) is 0 Å². The molecule has 16 heavy (non-hydrogen) atoms. The summed E-state index contributed by atoms with van der Waals surface area (Å²) in [6.45, 7) is 2.56. The lowest BCUT2D eigenvalue weighted by atomic mass is 10.3. The Bertz CT molecular complexity index is 453. The summed E-state index contributed by atoms with van der Waals surface area (Å²) in [5.74, 6) is 2.35. The Kier molecular flexibility index (Phi) is 3.05. The van der Waals surface area contributed by atoms with Crippen molar-refractivity contribution in [3.05, 3.63) is 36.0 Å². The van der Waals surface area contributed by atoms with Gasteiger partial charge in [-0.15, -0.1) is 0 Å². The Morgan fingerprint density at radius 2 is 2.12 bits per heavy atom. The van der Waals surface area contributed by atoms with Crippen LogP contribution < -0.4 is 10.6 Å². The molecule has 2 N–H and O–H groups in total. The van der Waals surface area contributed by atoms with Gasteiger partial charge in [-0.05, 0) is 13.0 Å². The molecule has 0 fully saturated rings. The molecule has 84 valence electrons. The lowest BCUT2D eigenvalue weighted by Gasteiger charge is -2.07. The molecule has 0 saturated carbocycles. The van der Waals surface area contributed by atoms with Crippen molar-refractivity contribution in [3.8, 4) is 0 Å². The van der Waals surface area contributed by atoms with Crippen LogP contribution in [0.25, 0.3) is 0 Å². The number of hydrogen-bond donors (Lipinski definition) is 2. The van der Waals surface area contributed by atoms with Crippen LogP contribution in [-0.4, -0.2) is 17.0 Å². The largest absolute Gasteiger partial charge is 0.472 e. The summed E-state index contributed by atoms with van der Waals surface area (Å²) >= 11 is 0. The van der Waals surface area contributed by atoms with Crippen LogP contribution in [0.3, 0.4) is 0 Å². The van der Waals surface area contributed by atoms with Crippen molar-refractivity contribution in [2.24, 2.45) is 0 Å². The fourth-order valence-electron chi connectivity index (χ4n) is 1.37. The van der Waals surface area contributed by atoms with Crippen LogP contribution in [0.1, 0.15) is 11.4 Å². The highest BCUT2D eigenvalue weighted by molar-refractivity contribution is 5.47. The minimum atomic E-state index is 0.691. The Morgan fingerprint density at radius 3 is 2.81 bits per heavy atom. The number of aryl methyl sites for hydroxylation is 1. The zero-order chi connectivity index (χ0) is 11.4. The van der Waals surface area contributed by atoms with Crippen LogP contribution in [0, 0.1) is 6.92 Å². The molecule has 0 unspecified atom stereocenters. The lowest BCUT2D eigenvalue weighted by molar-refractivity contribution is 0.564. The summed E-state index contributed by atoms with van der Waals surface area (Å²) in [5, 5.41) is 6.20. The van der Waals surface area contributed by atoms with E-state index in [1.165, 1.54) is 0 Å². The highest BCUT2D eigenvalue weighted by Gasteiger charge is 2.00. The summed E-state index contributed by atoms with van der Waals surface area (Å²) in [6.07, 6.45) is 3.36. The third kappa shape index (κ3) is 2.50. The van der Waals surface area contributed by atoms with Crippen LogP contribution in [0.15, 0.2) is 29.1 Å². The first-order chi connectivity index (χ1) is 7.78. The summed E-state index contributed by atoms with van der Waals surface area (Å²) in [5.41, 5.74) is 1.09. The molecule has 2 heterocycles. The van der Waals surface area contributed by atoms with E-state index >= 15 is 0 Å². The van der Waals surface area contributed by atoms with Gasteiger partial charge in [0.25, 0.3) is 0 Å². The smallest absolute Gasteiger partial charge is 0.132 e. The maximum atomic E-state index is 4.99. The Balaban J connectivity index is 2.06. The van der Waals surface area contributed by atoms with Crippen LogP contribution in [0.2, 0.25) is 0 Å². The predicted molar refractivity (Wildman–Crippen MR) is 62.4 cm³/mol. The maximum Gasteiger partial charge on any atom is 0.132 e. The Hall–Kier alpha value is -2.04. The van der Waals surface area contributed by atoms with E-state index in [2.05, 4.69) is 20.6 Å². The van der Waals surface area contributed by atoms with Gasteiger partial charge in [0.2, 0.25) is 0 Å². The van der Waals surface area contributed by atoms with Gasteiger partial charge in [-0.3, -0.25) is 0 Å². The third-order valence-corrected chi connectivity index (χ3v) is 2.15. The van der Waals surface area contributed by atoms with Crippen LogP contribution in [-0.2, 0) is 6.54 Å². The zero-order valence-electron chi connectivity index (χ0n) is 9.32. The van der Waals surface area contributed by atoms with Crippen molar-refractivity contribution >= 4 is 11.6 Å². The van der Waals surface area contributed by atoms with Gasteiger partial charge in [0, 0.05) is 25.2 Å². The van der Waals surface area contributed by atoms with Gasteiger partial charge in [-0.1, -0.05) is 0 Å². The third-order valence-electron chi connectivity index (χ3n) is 2.15. The Morgan fingerprint density at radius 1 is 1.31 bits per heavy atom. The fraction of sp³-hybridized carbons (Fsp3) is 0.273. The quantitative estimate of drug-likeness (QED) is 0.822. The van der Waals surface area contributed by atoms with Crippen molar-refractivity contribution in [1.29, 1.82) is 0 Å². The molecule has 5 nitrogen and oxygen atoms in total. The average Bonchev–Trinajstić information content (AvgIpc) is 2.78. The molecule has 2 aromatic rings. The van der Waals surface area contributed by atoms with Gasteiger partial charge in [0.05, 0.1) is 12.5 Å². The van der Waals surface area contributed by atoms with Crippen molar-refractivity contribution in [1.82, 2.24) is 9.97 Å². The molecule has 0 bridgehead atoms. The van der Waals surface area contributed by atoms with Crippen molar-refractivity contribution in [2.45, 2.75) is 13.5 Å². The molecule has 0 atom stereocenters. The molecule has 0 radical (unpaired) electrons. The molecule has 5 heteroatoms. The topological polar surface area (TPSA) is 63.0 Å². The van der Waals surface area contributed by atoms with E-state index in [1.54, 1.807) is 12.5 Å². The van der Waals surface area contributed by atoms with E-state index in [-0.39, 0.29) is 0 Å². The van der Waals surface area contributed by atoms with E-state index in [0.717, 1.165) is 23.0 Å². The van der Waals surface area contributed by atoms with Crippen molar-refractivity contribution in [3.63, 3.8) is 0 Å². The summed E-state index contributed by atoms with van der Waals surface area (Å²) in [4.78, 5) is 8.50. The molecular formula is C11H14N4O. The predicted octanol–water partition coefficient (Wildman–Crippen LogP) is 2.03. The highest BCUT2D eigenvalue weighted by Crippen LogP contribution is 2.11. The van der Waals surface area contributed by atoms with Gasteiger partial charge in [0.15, 0.2) is 0 Å². The second-order valence-corrected chi connectivity index (χ2v) is 3.42. The van der Waals surface area contributed by atoms with Gasteiger partial charge in [0.1, 0.15) is 17.5 Å². The number of nitrogens with one attached hydrogen (secondary N) is 2. The summed E-state index contributed by atoms with van der Waals surface area (Å²) in [7, 11) is 1.83. The van der Waals surface area contributed by atoms with Crippen molar-refractivity contribution < 1.29 is 4.42 Å². The second kappa shape index (κ2) is 4.65. The molecule has 0 aliphatic rings. The minimum Gasteiger partial charge on any atom is -0.472 e. The fourth-order valence-corrected chi connectivity index (χ4v) is 1.37. The van der Waals surface area contributed by atoms with E-state index in [1.807, 2.05) is 26.1 Å². The summed E-state index contributed by atoms with van der Waals surface area (Å²) in [6, 6.07) is 3.78.